The summed E-state index contributed by atoms with van der Waals surface area (Å²) in [6.07, 6.45) is 0.678. The number of furan rings is 1. The third-order valence-electron chi connectivity index (χ3n) is 2.25. The third-order valence-corrected chi connectivity index (χ3v) is 3.76. The molecule has 5 heteroatoms. The first-order valence-corrected chi connectivity index (χ1v) is 6.62. The van der Waals surface area contributed by atoms with Gasteiger partial charge in [0.05, 0.1) is 16.2 Å². The Morgan fingerprint density at radius 1 is 1.35 bits per heavy atom. The monoisotopic (exact) mass is 406 g/mol. The van der Waals surface area contributed by atoms with Gasteiger partial charge in [-0.15, -0.1) is 0 Å². The fraction of sp³-hybridized carbons (Fsp3) is 0.0833. The molecular weight excluding hydrogens is 399 g/mol. The Morgan fingerprint density at radius 2 is 2.12 bits per heavy atom. The number of carbonyl (C=O) groups is 1. The van der Waals surface area contributed by atoms with Gasteiger partial charge < -0.3 is 9.15 Å². The molecule has 1 aromatic carbocycles. The minimum atomic E-state index is 0.299. The van der Waals surface area contributed by atoms with Crippen LogP contribution in [0.1, 0.15) is 10.6 Å². The smallest absolute Gasteiger partial charge is 0.185 e. The highest BCUT2D eigenvalue weighted by atomic mass is 127. The molecule has 0 fully saturated rings. The van der Waals surface area contributed by atoms with Crippen molar-refractivity contribution in [3.05, 3.63) is 38.1 Å². The van der Waals surface area contributed by atoms with Crippen LogP contribution < -0.4 is 4.74 Å². The van der Waals surface area contributed by atoms with Crippen molar-refractivity contribution >= 4 is 44.8 Å². The van der Waals surface area contributed by atoms with E-state index in [-0.39, 0.29) is 0 Å². The molecule has 0 spiro atoms. The number of aldehydes is 1. The zero-order valence-electron chi connectivity index (χ0n) is 8.87. The van der Waals surface area contributed by atoms with Crippen LogP contribution >= 0.6 is 38.5 Å². The van der Waals surface area contributed by atoms with Crippen LogP contribution in [-0.4, -0.2) is 13.4 Å². The van der Waals surface area contributed by atoms with Crippen LogP contribution in [0.25, 0.3) is 11.3 Å². The lowest BCUT2D eigenvalue weighted by Crippen LogP contribution is -1.91. The molecule has 0 aliphatic rings. The van der Waals surface area contributed by atoms with Crippen molar-refractivity contribution in [2.45, 2.75) is 0 Å². The number of carbonyl (C=O) groups excluding carboxylic acids is 1. The van der Waals surface area contributed by atoms with Gasteiger partial charge in [-0.25, -0.2) is 0 Å². The van der Waals surface area contributed by atoms with Crippen LogP contribution in [0.2, 0.25) is 0 Å². The highest BCUT2D eigenvalue weighted by Crippen LogP contribution is 2.40. The minimum Gasteiger partial charge on any atom is -0.495 e. The van der Waals surface area contributed by atoms with Crippen molar-refractivity contribution in [2.24, 2.45) is 0 Å². The van der Waals surface area contributed by atoms with E-state index in [1.165, 1.54) is 0 Å². The Kier molecular flexibility index (Phi) is 3.88. The van der Waals surface area contributed by atoms with E-state index in [1.54, 1.807) is 19.2 Å². The van der Waals surface area contributed by atoms with Crippen LogP contribution in [-0.2, 0) is 0 Å². The first kappa shape index (κ1) is 12.6. The highest BCUT2D eigenvalue weighted by molar-refractivity contribution is 14.1. The second kappa shape index (κ2) is 5.22. The standard InChI is InChI=1S/C12H8BrIO3/c1-16-12-9(14)4-3-8(13)11(12)10-5-2-7(6-15)17-10/h2-6H,1H3. The van der Waals surface area contributed by atoms with Crippen LogP contribution in [0, 0.1) is 3.57 Å². The zero-order chi connectivity index (χ0) is 12.4. The summed E-state index contributed by atoms with van der Waals surface area (Å²) in [5.74, 6) is 1.63. The van der Waals surface area contributed by atoms with Gasteiger partial charge in [-0.2, -0.15) is 0 Å². The first-order chi connectivity index (χ1) is 8.17. The average Bonchev–Trinajstić information content (AvgIpc) is 2.80. The predicted molar refractivity (Wildman–Crippen MR) is 76.5 cm³/mol. The summed E-state index contributed by atoms with van der Waals surface area (Å²) in [5, 5.41) is 0. The number of benzene rings is 1. The molecular formula is C12H8BrIO3. The van der Waals surface area contributed by atoms with Crippen LogP contribution in [0.3, 0.4) is 0 Å². The predicted octanol–water partition coefficient (Wildman–Crippen LogP) is 4.13. The van der Waals surface area contributed by atoms with Crippen molar-refractivity contribution in [3.8, 4) is 17.1 Å². The molecule has 17 heavy (non-hydrogen) atoms. The van der Waals surface area contributed by atoms with Crippen molar-refractivity contribution < 1.29 is 13.9 Å². The Balaban J connectivity index is 2.64. The van der Waals surface area contributed by atoms with Gasteiger partial charge in [-0.1, -0.05) is 0 Å². The quantitative estimate of drug-likeness (QED) is 0.568. The highest BCUT2D eigenvalue weighted by Gasteiger charge is 2.16. The molecule has 0 amide bonds. The molecule has 3 nitrogen and oxygen atoms in total. The Labute approximate surface area is 120 Å². The van der Waals surface area contributed by atoms with Gasteiger partial charge in [0.2, 0.25) is 0 Å². The molecule has 0 N–H and O–H groups in total. The Hall–Kier alpha value is -0.820. The van der Waals surface area contributed by atoms with Crippen molar-refractivity contribution in [1.29, 1.82) is 0 Å². The number of methoxy groups -OCH3 is 1. The number of hydrogen-bond acceptors (Lipinski definition) is 3. The number of halogens is 2. The summed E-state index contributed by atoms with van der Waals surface area (Å²) in [6.45, 7) is 0. The van der Waals surface area contributed by atoms with E-state index in [0.29, 0.717) is 17.8 Å². The molecule has 0 aliphatic heterocycles. The molecule has 1 heterocycles. The Bertz CT molecular complexity index is 563. The molecule has 0 saturated carbocycles. The maximum Gasteiger partial charge on any atom is 0.185 e. The summed E-state index contributed by atoms with van der Waals surface area (Å²) >= 11 is 5.65. The van der Waals surface area contributed by atoms with Crippen LogP contribution in [0.5, 0.6) is 5.75 Å². The Morgan fingerprint density at radius 3 is 2.71 bits per heavy atom. The molecule has 0 atom stereocenters. The molecule has 1 aromatic heterocycles. The van der Waals surface area contributed by atoms with E-state index in [2.05, 4.69) is 38.5 Å². The topological polar surface area (TPSA) is 39.4 Å². The van der Waals surface area contributed by atoms with E-state index in [1.807, 2.05) is 12.1 Å². The average molecular weight is 407 g/mol. The summed E-state index contributed by atoms with van der Waals surface area (Å²) in [4.78, 5) is 10.6. The summed E-state index contributed by atoms with van der Waals surface area (Å²) < 4.78 is 12.6. The van der Waals surface area contributed by atoms with Crippen LogP contribution in [0.15, 0.2) is 33.2 Å². The van der Waals surface area contributed by atoms with Crippen molar-refractivity contribution in [3.63, 3.8) is 0 Å². The van der Waals surface area contributed by atoms with E-state index >= 15 is 0 Å². The van der Waals surface area contributed by atoms with E-state index in [4.69, 9.17) is 9.15 Å². The number of ether oxygens (including phenoxy) is 1. The molecule has 0 unspecified atom stereocenters. The minimum absolute atomic E-state index is 0.299. The molecule has 0 bridgehead atoms. The SMILES string of the molecule is COc1c(I)ccc(Br)c1-c1ccc(C=O)o1. The maximum atomic E-state index is 10.6. The van der Waals surface area contributed by atoms with E-state index < -0.39 is 0 Å². The molecule has 0 aliphatic carbocycles. The van der Waals surface area contributed by atoms with Gasteiger partial charge in [0.1, 0.15) is 11.5 Å². The molecule has 88 valence electrons. The third kappa shape index (κ3) is 2.40. The molecule has 0 saturated heterocycles. The fourth-order valence-corrected chi connectivity index (χ4v) is 2.69. The molecule has 2 rings (SSSR count). The summed E-state index contributed by atoms with van der Waals surface area (Å²) in [6, 6.07) is 7.25. The van der Waals surface area contributed by atoms with Gasteiger partial charge >= 0.3 is 0 Å². The van der Waals surface area contributed by atoms with E-state index in [0.717, 1.165) is 19.4 Å². The fourth-order valence-electron chi connectivity index (χ4n) is 1.51. The van der Waals surface area contributed by atoms with Crippen molar-refractivity contribution in [1.82, 2.24) is 0 Å². The number of rotatable bonds is 3. The van der Waals surface area contributed by atoms with Gasteiger partial charge in [0.25, 0.3) is 0 Å². The van der Waals surface area contributed by atoms with E-state index in [9.17, 15) is 4.79 Å². The normalized spacial score (nSPS) is 10.3. The lowest BCUT2D eigenvalue weighted by molar-refractivity contribution is 0.110. The second-order valence-corrected chi connectivity index (χ2v) is 5.27. The van der Waals surface area contributed by atoms with Gasteiger partial charge in [0, 0.05) is 4.47 Å². The lowest BCUT2D eigenvalue weighted by atomic mass is 10.1. The number of hydrogen-bond donors (Lipinski definition) is 0. The second-order valence-electron chi connectivity index (χ2n) is 3.26. The lowest BCUT2D eigenvalue weighted by Gasteiger charge is -2.10. The van der Waals surface area contributed by atoms with Gasteiger partial charge in [-0.3, -0.25) is 4.79 Å². The summed E-state index contributed by atoms with van der Waals surface area (Å²) in [5.41, 5.74) is 0.813. The van der Waals surface area contributed by atoms with Gasteiger partial charge in [0.15, 0.2) is 12.0 Å². The largest absolute Gasteiger partial charge is 0.495 e. The maximum absolute atomic E-state index is 10.6. The zero-order valence-corrected chi connectivity index (χ0v) is 12.6. The van der Waals surface area contributed by atoms with Crippen molar-refractivity contribution in [2.75, 3.05) is 7.11 Å². The molecule has 0 radical (unpaired) electrons. The molecule has 2 aromatic rings. The summed E-state index contributed by atoms with van der Waals surface area (Å²) in [7, 11) is 1.61. The van der Waals surface area contributed by atoms with Gasteiger partial charge in [-0.05, 0) is 62.8 Å². The van der Waals surface area contributed by atoms with Crippen LogP contribution in [0.4, 0.5) is 0 Å². The first-order valence-electron chi connectivity index (χ1n) is 4.74.